The van der Waals surface area contributed by atoms with Crippen molar-refractivity contribution >= 4 is 5.91 Å². The van der Waals surface area contributed by atoms with Crippen LogP contribution in [0.4, 0.5) is 0 Å². The molecule has 2 N–H and O–H groups in total. The molecule has 106 valence electrons. The maximum atomic E-state index is 12.1. The van der Waals surface area contributed by atoms with Crippen LogP contribution in [0.5, 0.6) is 5.75 Å². The number of hydrogen-bond donors (Lipinski definition) is 1. The van der Waals surface area contributed by atoms with Crippen molar-refractivity contribution in [2.75, 3.05) is 13.7 Å². The maximum absolute atomic E-state index is 12.1. The molecule has 1 aromatic carbocycles. The third-order valence-corrected chi connectivity index (χ3v) is 3.21. The topological polar surface area (TPSA) is 55.6 Å². The van der Waals surface area contributed by atoms with E-state index < -0.39 is 0 Å². The standard InChI is InChI=1S/C15H24N2O2/c1-5-19-14-8-6-13(7-9-14)10-17(4)15(18)11(2)12(3)16/h6-9,11-12H,5,10,16H2,1-4H3. The van der Waals surface area contributed by atoms with Crippen LogP contribution in [0.3, 0.4) is 0 Å². The van der Waals surface area contributed by atoms with Gasteiger partial charge in [-0.15, -0.1) is 0 Å². The third kappa shape index (κ3) is 4.56. The predicted molar refractivity (Wildman–Crippen MR) is 76.9 cm³/mol. The molecule has 0 aliphatic carbocycles. The van der Waals surface area contributed by atoms with E-state index in [4.69, 9.17) is 10.5 Å². The van der Waals surface area contributed by atoms with Crippen molar-refractivity contribution in [3.63, 3.8) is 0 Å². The third-order valence-electron chi connectivity index (χ3n) is 3.21. The average Bonchev–Trinajstić information content (AvgIpc) is 2.39. The van der Waals surface area contributed by atoms with Crippen LogP contribution in [0.25, 0.3) is 0 Å². The molecule has 0 aromatic heterocycles. The highest BCUT2D eigenvalue weighted by Gasteiger charge is 2.20. The van der Waals surface area contributed by atoms with Gasteiger partial charge >= 0.3 is 0 Å². The minimum Gasteiger partial charge on any atom is -0.494 e. The molecular formula is C15H24N2O2. The van der Waals surface area contributed by atoms with Crippen molar-refractivity contribution in [3.8, 4) is 5.75 Å². The summed E-state index contributed by atoms with van der Waals surface area (Å²) >= 11 is 0. The average molecular weight is 264 g/mol. The van der Waals surface area contributed by atoms with Crippen molar-refractivity contribution in [3.05, 3.63) is 29.8 Å². The predicted octanol–water partition coefficient (Wildman–Crippen LogP) is 2.03. The number of nitrogens with two attached hydrogens (primary N) is 1. The van der Waals surface area contributed by atoms with Gasteiger partial charge in [-0.05, 0) is 31.5 Å². The highest BCUT2D eigenvalue weighted by molar-refractivity contribution is 5.78. The number of carbonyl (C=O) groups excluding carboxylic acids is 1. The molecule has 1 amide bonds. The molecular weight excluding hydrogens is 240 g/mol. The fourth-order valence-corrected chi connectivity index (χ4v) is 1.78. The lowest BCUT2D eigenvalue weighted by Crippen LogP contribution is -2.39. The van der Waals surface area contributed by atoms with E-state index in [1.165, 1.54) is 0 Å². The zero-order chi connectivity index (χ0) is 14.4. The van der Waals surface area contributed by atoms with Crippen molar-refractivity contribution in [1.82, 2.24) is 4.90 Å². The quantitative estimate of drug-likeness (QED) is 0.855. The largest absolute Gasteiger partial charge is 0.494 e. The molecule has 0 aliphatic heterocycles. The van der Waals surface area contributed by atoms with Gasteiger partial charge in [0.2, 0.25) is 5.91 Å². The Labute approximate surface area is 115 Å². The molecule has 0 saturated heterocycles. The highest BCUT2D eigenvalue weighted by Crippen LogP contribution is 2.14. The summed E-state index contributed by atoms with van der Waals surface area (Å²) in [5, 5.41) is 0. The van der Waals surface area contributed by atoms with E-state index >= 15 is 0 Å². The van der Waals surface area contributed by atoms with Crippen molar-refractivity contribution in [2.24, 2.45) is 11.7 Å². The molecule has 0 spiro atoms. The van der Waals surface area contributed by atoms with Crippen LogP contribution in [0.2, 0.25) is 0 Å². The van der Waals surface area contributed by atoms with Crippen molar-refractivity contribution < 1.29 is 9.53 Å². The van der Waals surface area contributed by atoms with Crippen LogP contribution in [0, 0.1) is 5.92 Å². The van der Waals surface area contributed by atoms with Gasteiger partial charge in [0.1, 0.15) is 5.75 Å². The van der Waals surface area contributed by atoms with Crippen molar-refractivity contribution in [1.29, 1.82) is 0 Å². The Hall–Kier alpha value is -1.55. The van der Waals surface area contributed by atoms with E-state index in [0.29, 0.717) is 13.2 Å². The lowest BCUT2D eigenvalue weighted by molar-refractivity contribution is -0.134. The van der Waals surface area contributed by atoms with Crippen LogP contribution in [-0.2, 0) is 11.3 Å². The summed E-state index contributed by atoms with van der Waals surface area (Å²) in [6.07, 6.45) is 0. The van der Waals surface area contributed by atoms with Gasteiger partial charge in [0.25, 0.3) is 0 Å². The van der Waals surface area contributed by atoms with Gasteiger partial charge in [0.05, 0.1) is 12.5 Å². The Morgan fingerprint density at radius 3 is 2.37 bits per heavy atom. The molecule has 0 heterocycles. The van der Waals surface area contributed by atoms with Crippen molar-refractivity contribution in [2.45, 2.75) is 33.4 Å². The molecule has 4 nitrogen and oxygen atoms in total. The minimum atomic E-state index is -0.160. The van der Waals surface area contributed by atoms with E-state index in [2.05, 4.69) is 0 Å². The summed E-state index contributed by atoms with van der Waals surface area (Å²) in [7, 11) is 1.80. The summed E-state index contributed by atoms with van der Waals surface area (Å²) in [4.78, 5) is 13.8. The number of benzene rings is 1. The van der Waals surface area contributed by atoms with Crippen LogP contribution in [0.1, 0.15) is 26.3 Å². The van der Waals surface area contributed by atoms with Gasteiger partial charge in [0.15, 0.2) is 0 Å². The number of rotatable bonds is 6. The van der Waals surface area contributed by atoms with E-state index in [1.54, 1.807) is 11.9 Å². The van der Waals surface area contributed by atoms with E-state index in [1.807, 2.05) is 45.0 Å². The molecule has 1 rings (SSSR count). The van der Waals surface area contributed by atoms with Crippen LogP contribution < -0.4 is 10.5 Å². The summed E-state index contributed by atoms with van der Waals surface area (Å²) in [5.74, 6) is 0.765. The lowest BCUT2D eigenvalue weighted by atomic mass is 10.0. The minimum absolute atomic E-state index is 0.0730. The Morgan fingerprint density at radius 1 is 1.32 bits per heavy atom. The smallest absolute Gasteiger partial charge is 0.226 e. The van der Waals surface area contributed by atoms with Crippen LogP contribution >= 0.6 is 0 Å². The number of amides is 1. The van der Waals surface area contributed by atoms with Gasteiger partial charge in [-0.2, -0.15) is 0 Å². The van der Waals surface area contributed by atoms with E-state index in [-0.39, 0.29) is 17.9 Å². The Balaban J connectivity index is 2.61. The van der Waals surface area contributed by atoms with Gasteiger partial charge in [-0.3, -0.25) is 4.79 Å². The van der Waals surface area contributed by atoms with Crippen LogP contribution in [0.15, 0.2) is 24.3 Å². The Morgan fingerprint density at radius 2 is 1.89 bits per heavy atom. The molecule has 19 heavy (non-hydrogen) atoms. The normalized spacial score (nSPS) is 13.7. The second-order valence-electron chi connectivity index (χ2n) is 4.92. The molecule has 1 aromatic rings. The number of nitrogens with zero attached hydrogens (tertiary/aromatic N) is 1. The summed E-state index contributed by atoms with van der Waals surface area (Å²) < 4.78 is 5.39. The number of hydrogen-bond acceptors (Lipinski definition) is 3. The maximum Gasteiger partial charge on any atom is 0.226 e. The first-order chi connectivity index (χ1) is 8.95. The fourth-order valence-electron chi connectivity index (χ4n) is 1.78. The molecule has 0 aliphatic rings. The first-order valence-electron chi connectivity index (χ1n) is 6.68. The molecule has 2 atom stereocenters. The molecule has 0 saturated carbocycles. The first kappa shape index (κ1) is 15.5. The molecule has 0 radical (unpaired) electrons. The Kier molecular flexibility index (Phi) is 5.83. The monoisotopic (exact) mass is 264 g/mol. The summed E-state index contributed by atoms with van der Waals surface area (Å²) in [6.45, 7) is 6.91. The van der Waals surface area contributed by atoms with Gasteiger partial charge in [-0.25, -0.2) is 0 Å². The van der Waals surface area contributed by atoms with E-state index in [0.717, 1.165) is 11.3 Å². The number of ether oxygens (including phenoxy) is 1. The molecule has 2 unspecified atom stereocenters. The SMILES string of the molecule is CCOc1ccc(CN(C)C(=O)C(C)C(C)N)cc1. The second-order valence-corrected chi connectivity index (χ2v) is 4.92. The summed E-state index contributed by atoms with van der Waals surface area (Å²) in [6, 6.07) is 7.67. The first-order valence-corrected chi connectivity index (χ1v) is 6.68. The lowest BCUT2D eigenvalue weighted by Gasteiger charge is -2.23. The van der Waals surface area contributed by atoms with E-state index in [9.17, 15) is 4.79 Å². The zero-order valence-electron chi connectivity index (χ0n) is 12.2. The van der Waals surface area contributed by atoms with Crippen LogP contribution in [-0.4, -0.2) is 30.5 Å². The molecule has 0 bridgehead atoms. The van der Waals surface area contributed by atoms with Gasteiger partial charge < -0.3 is 15.4 Å². The molecule has 4 heteroatoms. The molecule has 0 fully saturated rings. The second kappa shape index (κ2) is 7.14. The Bertz CT molecular complexity index is 401. The zero-order valence-corrected chi connectivity index (χ0v) is 12.2. The highest BCUT2D eigenvalue weighted by atomic mass is 16.5. The fraction of sp³-hybridized carbons (Fsp3) is 0.533. The van der Waals surface area contributed by atoms with Gasteiger partial charge in [0, 0.05) is 19.6 Å². The summed E-state index contributed by atoms with van der Waals surface area (Å²) in [5.41, 5.74) is 6.84. The number of carbonyl (C=O) groups is 1. The van der Waals surface area contributed by atoms with Gasteiger partial charge in [-0.1, -0.05) is 19.1 Å².